The second-order valence-electron chi connectivity index (χ2n) is 5.10. The second kappa shape index (κ2) is 4.98. The van der Waals surface area contributed by atoms with E-state index in [-0.39, 0.29) is 5.82 Å². The van der Waals surface area contributed by atoms with Crippen LogP contribution in [0.4, 0.5) is 4.39 Å². The number of rotatable bonds is 5. The van der Waals surface area contributed by atoms with Crippen LogP contribution in [0.5, 0.6) is 0 Å². The number of benzene rings is 1. The van der Waals surface area contributed by atoms with Gasteiger partial charge in [-0.05, 0) is 55.3 Å². The summed E-state index contributed by atoms with van der Waals surface area (Å²) in [6.07, 6.45) is 3.80. The average molecular weight is 263 g/mol. The molecule has 0 spiro atoms. The first-order chi connectivity index (χ1) is 8.78. The number of halogens is 1. The second-order valence-corrected chi connectivity index (χ2v) is 6.22. The predicted octanol–water partition coefficient (Wildman–Crippen LogP) is 4.49. The fourth-order valence-electron chi connectivity index (χ4n) is 2.41. The van der Waals surface area contributed by atoms with Crippen molar-refractivity contribution in [1.29, 1.82) is 0 Å². The van der Waals surface area contributed by atoms with E-state index in [1.165, 1.54) is 23.1 Å². The molecule has 1 aliphatic rings. The molecule has 0 radical (unpaired) electrons. The highest BCUT2D eigenvalue weighted by molar-refractivity contribution is 7.19. The van der Waals surface area contributed by atoms with Gasteiger partial charge in [0.05, 0.1) is 0 Å². The summed E-state index contributed by atoms with van der Waals surface area (Å²) in [6.45, 7) is 3.25. The van der Waals surface area contributed by atoms with E-state index >= 15 is 0 Å². The molecule has 1 atom stereocenters. The molecule has 1 unspecified atom stereocenters. The third-order valence-electron chi connectivity index (χ3n) is 3.52. The summed E-state index contributed by atoms with van der Waals surface area (Å²) in [5.74, 6) is 0.648. The highest BCUT2D eigenvalue weighted by atomic mass is 32.1. The molecule has 1 heterocycles. The molecule has 18 heavy (non-hydrogen) atoms. The molecule has 3 heteroatoms. The van der Waals surface area contributed by atoms with Gasteiger partial charge in [-0.1, -0.05) is 13.0 Å². The van der Waals surface area contributed by atoms with Gasteiger partial charge in [0.2, 0.25) is 0 Å². The van der Waals surface area contributed by atoms with E-state index in [2.05, 4.69) is 18.3 Å². The molecule has 1 N–H and O–H groups in total. The first-order valence-corrected chi connectivity index (χ1v) is 7.52. The van der Waals surface area contributed by atoms with Crippen LogP contribution < -0.4 is 5.32 Å². The molecule has 0 saturated heterocycles. The summed E-state index contributed by atoms with van der Waals surface area (Å²) in [5, 5.41) is 4.81. The molecule has 96 valence electrons. The van der Waals surface area contributed by atoms with Gasteiger partial charge in [0, 0.05) is 15.6 Å². The smallest absolute Gasteiger partial charge is 0.124 e. The van der Waals surface area contributed by atoms with Crippen molar-refractivity contribution in [3.05, 3.63) is 35.0 Å². The number of hydrogen-bond donors (Lipinski definition) is 1. The highest BCUT2D eigenvalue weighted by Crippen LogP contribution is 2.44. The fraction of sp³-hybridized carbons (Fsp3) is 0.467. The average Bonchev–Trinajstić information content (AvgIpc) is 3.10. The van der Waals surface area contributed by atoms with Crippen LogP contribution >= 0.6 is 11.3 Å². The van der Waals surface area contributed by atoms with Crippen LogP contribution in [0.15, 0.2) is 24.3 Å². The predicted molar refractivity (Wildman–Crippen MR) is 75.5 cm³/mol. The SMILES string of the molecule is CCCNC(c1cc2ccc(F)cc2s1)C1CC1. The van der Waals surface area contributed by atoms with Crippen molar-refractivity contribution in [2.75, 3.05) is 6.54 Å². The van der Waals surface area contributed by atoms with Crippen LogP contribution in [0, 0.1) is 11.7 Å². The molecule has 2 aromatic rings. The Labute approximate surface area is 111 Å². The molecule has 1 aliphatic carbocycles. The van der Waals surface area contributed by atoms with Gasteiger partial charge in [-0.2, -0.15) is 0 Å². The van der Waals surface area contributed by atoms with Crippen LogP contribution in [0.25, 0.3) is 10.1 Å². The zero-order valence-electron chi connectivity index (χ0n) is 10.6. The summed E-state index contributed by atoms with van der Waals surface area (Å²) in [6, 6.07) is 7.78. The Morgan fingerprint density at radius 2 is 2.22 bits per heavy atom. The molecule has 0 amide bonds. The van der Waals surface area contributed by atoms with E-state index in [9.17, 15) is 4.39 Å². The van der Waals surface area contributed by atoms with Crippen LogP contribution in [0.2, 0.25) is 0 Å². The third kappa shape index (κ3) is 2.43. The zero-order chi connectivity index (χ0) is 12.5. The summed E-state index contributed by atoms with van der Waals surface area (Å²) in [4.78, 5) is 1.37. The Morgan fingerprint density at radius 1 is 1.39 bits per heavy atom. The molecule has 1 aromatic carbocycles. The van der Waals surface area contributed by atoms with Gasteiger partial charge >= 0.3 is 0 Å². The molecule has 3 rings (SSSR count). The number of fused-ring (bicyclic) bond motifs is 1. The Balaban J connectivity index is 1.90. The van der Waals surface area contributed by atoms with Crippen molar-refractivity contribution in [3.8, 4) is 0 Å². The number of nitrogens with one attached hydrogen (secondary N) is 1. The van der Waals surface area contributed by atoms with Crippen molar-refractivity contribution in [1.82, 2.24) is 5.32 Å². The maximum Gasteiger partial charge on any atom is 0.124 e. The van der Waals surface area contributed by atoms with Crippen molar-refractivity contribution < 1.29 is 4.39 Å². The quantitative estimate of drug-likeness (QED) is 0.838. The molecule has 1 nitrogen and oxygen atoms in total. The Morgan fingerprint density at radius 3 is 2.94 bits per heavy atom. The maximum absolute atomic E-state index is 13.2. The summed E-state index contributed by atoms with van der Waals surface area (Å²) in [7, 11) is 0. The van der Waals surface area contributed by atoms with E-state index in [0.717, 1.165) is 23.6 Å². The van der Waals surface area contributed by atoms with Crippen LogP contribution in [-0.2, 0) is 0 Å². The lowest BCUT2D eigenvalue weighted by atomic mass is 10.1. The molecule has 1 saturated carbocycles. The van der Waals surface area contributed by atoms with E-state index in [1.807, 2.05) is 6.07 Å². The van der Waals surface area contributed by atoms with Crippen molar-refractivity contribution in [2.45, 2.75) is 32.2 Å². The number of hydrogen-bond acceptors (Lipinski definition) is 2. The lowest BCUT2D eigenvalue weighted by molar-refractivity contribution is 0.488. The van der Waals surface area contributed by atoms with Crippen LogP contribution in [0.1, 0.15) is 37.1 Å². The number of thiophene rings is 1. The standard InChI is InChI=1S/C15H18FNS/c1-2-7-17-15(10-3-4-10)14-8-11-5-6-12(16)9-13(11)18-14/h5-6,8-10,15,17H,2-4,7H2,1H3. The lowest BCUT2D eigenvalue weighted by Crippen LogP contribution is -2.22. The molecular formula is C15H18FNS. The minimum Gasteiger partial charge on any atom is -0.309 e. The largest absolute Gasteiger partial charge is 0.309 e. The van der Waals surface area contributed by atoms with Gasteiger partial charge in [0.25, 0.3) is 0 Å². The van der Waals surface area contributed by atoms with E-state index < -0.39 is 0 Å². The van der Waals surface area contributed by atoms with E-state index in [0.29, 0.717) is 6.04 Å². The van der Waals surface area contributed by atoms with Gasteiger partial charge < -0.3 is 5.32 Å². The first-order valence-electron chi connectivity index (χ1n) is 6.70. The summed E-state index contributed by atoms with van der Waals surface area (Å²) >= 11 is 1.74. The minimum atomic E-state index is -0.139. The van der Waals surface area contributed by atoms with Crippen LogP contribution in [-0.4, -0.2) is 6.54 Å². The first kappa shape index (κ1) is 12.1. The van der Waals surface area contributed by atoms with Gasteiger partial charge in [-0.25, -0.2) is 4.39 Å². The summed E-state index contributed by atoms with van der Waals surface area (Å²) in [5.41, 5.74) is 0. The molecule has 1 aromatic heterocycles. The Hall–Kier alpha value is -0.930. The lowest BCUT2D eigenvalue weighted by Gasteiger charge is -2.15. The topological polar surface area (TPSA) is 12.0 Å². The molecule has 1 fully saturated rings. The van der Waals surface area contributed by atoms with Crippen molar-refractivity contribution in [2.24, 2.45) is 5.92 Å². The third-order valence-corrected chi connectivity index (χ3v) is 4.70. The van der Waals surface area contributed by atoms with Crippen LogP contribution in [0.3, 0.4) is 0 Å². The normalized spacial score (nSPS) is 17.2. The van der Waals surface area contributed by atoms with Crippen molar-refractivity contribution in [3.63, 3.8) is 0 Å². The Kier molecular flexibility index (Phi) is 3.35. The van der Waals surface area contributed by atoms with Crippen molar-refractivity contribution >= 4 is 21.4 Å². The Bertz CT molecular complexity index is 544. The van der Waals surface area contributed by atoms with Gasteiger partial charge in [-0.3, -0.25) is 0 Å². The molecule has 0 aliphatic heterocycles. The molecule has 0 bridgehead atoms. The highest BCUT2D eigenvalue weighted by Gasteiger charge is 2.32. The molecular weight excluding hydrogens is 245 g/mol. The van der Waals surface area contributed by atoms with Gasteiger partial charge in [-0.15, -0.1) is 11.3 Å². The van der Waals surface area contributed by atoms with Gasteiger partial charge in [0.1, 0.15) is 5.82 Å². The van der Waals surface area contributed by atoms with E-state index in [1.54, 1.807) is 23.5 Å². The minimum absolute atomic E-state index is 0.139. The monoisotopic (exact) mass is 263 g/mol. The van der Waals surface area contributed by atoms with E-state index in [4.69, 9.17) is 0 Å². The van der Waals surface area contributed by atoms with Gasteiger partial charge in [0.15, 0.2) is 0 Å². The summed E-state index contributed by atoms with van der Waals surface area (Å²) < 4.78 is 14.3. The fourth-order valence-corrected chi connectivity index (χ4v) is 3.67. The zero-order valence-corrected chi connectivity index (χ0v) is 11.4. The maximum atomic E-state index is 13.2.